The lowest BCUT2D eigenvalue weighted by Gasteiger charge is -2.14. The van der Waals surface area contributed by atoms with Crippen molar-refractivity contribution in [3.8, 4) is 44.9 Å². The van der Waals surface area contributed by atoms with Crippen molar-refractivity contribution in [2.24, 2.45) is 0 Å². The van der Waals surface area contributed by atoms with Gasteiger partial charge in [0.15, 0.2) is 0 Å². The van der Waals surface area contributed by atoms with Crippen LogP contribution in [0.25, 0.3) is 89.2 Å². The molecule has 0 fully saturated rings. The predicted octanol–water partition coefficient (Wildman–Crippen LogP) is 13.9. The van der Waals surface area contributed by atoms with Gasteiger partial charge < -0.3 is 9.13 Å². The number of hydrogen-bond donors (Lipinski definition) is 0. The van der Waals surface area contributed by atoms with Crippen LogP contribution in [0.1, 0.15) is 35.2 Å². The van der Waals surface area contributed by atoms with Crippen molar-refractivity contribution in [1.29, 1.82) is 0 Å². The zero-order chi connectivity index (χ0) is 38.2. The van der Waals surface area contributed by atoms with Gasteiger partial charge in [-0.25, -0.2) is 0 Å². The van der Waals surface area contributed by atoms with E-state index >= 15 is 0 Å². The standard InChI is InChI=1S/C55H39N3/c1-2-12-40-31-41-23-26-44(35-48(41)45(40)17-3-1)58-54-27-24-38(36-13-10-15-42(30-36)51-20-8-9-29-56-51)33-49(54)50-34-39(25-28-55(50)58)37-14-11-16-43(32-37)57-52-21-6-4-18-46(52)47-19-5-7-22-53(47)57/h1-4,6-11,13-18,20-30,32-35H,5,12,19,31H2. The Kier molecular flexibility index (Phi) is 7.49. The highest BCUT2D eigenvalue weighted by Crippen LogP contribution is 2.42. The Morgan fingerprint density at radius 1 is 0.500 bits per heavy atom. The molecule has 9 aromatic rings. The van der Waals surface area contributed by atoms with Crippen LogP contribution < -0.4 is 0 Å². The molecule has 0 amide bonds. The second kappa shape index (κ2) is 13.2. The number of benzene rings is 6. The van der Waals surface area contributed by atoms with Crippen LogP contribution in [-0.2, 0) is 12.8 Å². The average molecular weight is 742 g/mol. The van der Waals surface area contributed by atoms with Gasteiger partial charge in [0.1, 0.15) is 0 Å². The molecule has 0 N–H and O–H groups in total. The van der Waals surface area contributed by atoms with E-state index in [0.717, 1.165) is 36.9 Å². The Morgan fingerprint density at radius 2 is 1.24 bits per heavy atom. The van der Waals surface area contributed by atoms with Crippen molar-refractivity contribution in [1.82, 2.24) is 14.1 Å². The topological polar surface area (TPSA) is 22.8 Å². The first kappa shape index (κ1) is 33.0. The van der Waals surface area contributed by atoms with Crippen LogP contribution in [0.3, 0.4) is 0 Å². The highest BCUT2D eigenvalue weighted by Gasteiger charge is 2.23. The predicted molar refractivity (Wildman–Crippen MR) is 243 cm³/mol. The van der Waals surface area contributed by atoms with Gasteiger partial charge >= 0.3 is 0 Å². The molecule has 0 aliphatic heterocycles. The van der Waals surface area contributed by atoms with Gasteiger partial charge in [-0.1, -0.05) is 109 Å². The maximum absolute atomic E-state index is 4.64. The van der Waals surface area contributed by atoms with Crippen molar-refractivity contribution in [3.63, 3.8) is 0 Å². The van der Waals surface area contributed by atoms with Gasteiger partial charge in [-0.05, 0) is 149 Å². The Bertz CT molecular complexity index is 3270. The maximum Gasteiger partial charge on any atom is 0.0702 e. The number of rotatable bonds is 5. The second-order valence-corrected chi connectivity index (χ2v) is 15.8. The maximum atomic E-state index is 4.64. The third-order valence-corrected chi connectivity index (χ3v) is 12.5. The van der Waals surface area contributed by atoms with Gasteiger partial charge in [-0.15, -0.1) is 0 Å². The van der Waals surface area contributed by atoms with E-state index in [2.05, 4.69) is 184 Å². The molecule has 3 aliphatic rings. The number of nitrogens with zero attached hydrogens (tertiary/aromatic N) is 3. The first-order chi connectivity index (χ1) is 28.7. The highest BCUT2D eigenvalue weighted by molar-refractivity contribution is 6.12. The lowest BCUT2D eigenvalue weighted by molar-refractivity contribution is 0.968. The van der Waals surface area contributed by atoms with E-state index in [1.807, 2.05) is 18.3 Å². The van der Waals surface area contributed by atoms with E-state index in [9.17, 15) is 0 Å². The molecule has 3 aromatic heterocycles. The Morgan fingerprint density at radius 3 is 2.09 bits per heavy atom. The summed E-state index contributed by atoms with van der Waals surface area (Å²) in [6.07, 6.45) is 19.6. The minimum Gasteiger partial charge on any atom is -0.310 e. The van der Waals surface area contributed by atoms with Gasteiger partial charge in [0.25, 0.3) is 0 Å². The molecule has 3 nitrogen and oxygen atoms in total. The summed E-state index contributed by atoms with van der Waals surface area (Å²) >= 11 is 0. The summed E-state index contributed by atoms with van der Waals surface area (Å²) in [6, 6.07) is 54.0. The number of fused-ring (bicyclic) bond motifs is 8. The van der Waals surface area contributed by atoms with Gasteiger partial charge in [0.05, 0.1) is 22.2 Å². The fourth-order valence-electron chi connectivity index (χ4n) is 9.80. The minimum atomic E-state index is 0.979. The molecular formula is C55H39N3. The van der Waals surface area contributed by atoms with Crippen molar-refractivity contribution in [2.75, 3.05) is 0 Å². The first-order valence-corrected chi connectivity index (χ1v) is 20.4. The van der Waals surface area contributed by atoms with Crippen LogP contribution in [0.4, 0.5) is 0 Å². The number of aryl methyl sites for hydroxylation is 1. The van der Waals surface area contributed by atoms with E-state index in [4.69, 9.17) is 0 Å². The number of para-hydroxylation sites is 1. The highest BCUT2D eigenvalue weighted by atomic mass is 15.0. The zero-order valence-electron chi connectivity index (χ0n) is 32.1. The van der Waals surface area contributed by atoms with Crippen LogP contribution in [-0.4, -0.2) is 14.1 Å². The number of aromatic nitrogens is 3. The average Bonchev–Trinajstić information content (AvgIpc) is 3.86. The number of hydrogen-bond acceptors (Lipinski definition) is 1. The molecule has 3 heteroatoms. The molecule has 0 saturated heterocycles. The normalized spacial score (nSPS) is 14.3. The van der Waals surface area contributed by atoms with Crippen molar-refractivity contribution < 1.29 is 0 Å². The van der Waals surface area contributed by atoms with Crippen molar-refractivity contribution in [2.45, 2.75) is 25.7 Å². The summed E-state index contributed by atoms with van der Waals surface area (Å²) in [4.78, 5) is 4.64. The number of pyridine rings is 1. The lowest BCUT2D eigenvalue weighted by atomic mass is 9.98. The summed E-state index contributed by atoms with van der Waals surface area (Å²) in [6.45, 7) is 0. The van der Waals surface area contributed by atoms with Gasteiger partial charge in [0.2, 0.25) is 0 Å². The van der Waals surface area contributed by atoms with E-state index in [-0.39, 0.29) is 0 Å². The summed E-state index contributed by atoms with van der Waals surface area (Å²) in [5.74, 6) is 0. The SMILES string of the molecule is C1=CCC2=C(C=C1)c1cc(-n3c4ccc(-c5cccc(-c6ccccn6)c5)cc4c4cc(-c5cccc(-n6c7c(c8ccccc86)CCC=C7)c5)ccc43)ccc1C2. The molecule has 0 radical (unpaired) electrons. The quantitative estimate of drug-likeness (QED) is 0.172. The molecule has 58 heavy (non-hydrogen) atoms. The zero-order valence-corrected chi connectivity index (χ0v) is 32.1. The molecule has 0 spiro atoms. The summed E-state index contributed by atoms with van der Waals surface area (Å²) in [5.41, 5.74) is 21.3. The summed E-state index contributed by atoms with van der Waals surface area (Å²) in [5, 5.41) is 3.84. The third-order valence-electron chi connectivity index (χ3n) is 12.5. The van der Waals surface area contributed by atoms with Crippen molar-refractivity contribution >= 4 is 44.4 Å². The Labute approximate surface area is 337 Å². The molecule has 0 atom stereocenters. The Hall–Kier alpha value is -7.23. The molecule has 6 aromatic carbocycles. The van der Waals surface area contributed by atoms with E-state index in [1.54, 1.807) is 0 Å². The van der Waals surface area contributed by atoms with Crippen LogP contribution >= 0.6 is 0 Å². The monoisotopic (exact) mass is 741 g/mol. The summed E-state index contributed by atoms with van der Waals surface area (Å²) in [7, 11) is 0. The molecule has 3 aliphatic carbocycles. The van der Waals surface area contributed by atoms with Crippen LogP contribution in [0.2, 0.25) is 0 Å². The van der Waals surface area contributed by atoms with Crippen molar-refractivity contribution in [3.05, 3.63) is 210 Å². The lowest BCUT2D eigenvalue weighted by Crippen LogP contribution is -2.00. The second-order valence-electron chi connectivity index (χ2n) is 15.8. The van der Waals surface area contributed by atoms with E-state index in [0.29, 0.717) is 0 Å². The first-order valence-electron chi connectivity index (χ1n) is 20.4. The molecule has 0 saturated carbocycles. The van der Waals surface area contributed by atoms with E-state index in [1.165, 1.54) is 99.9 Å². The minimum absolute atomic E-state index is 0.979. The Balaban J connectivity index is 1.04. The van der Waals surface area contributed by atoms with E-state index < -0.39 is 0 Å². The fraction of sp³-hybridized carbons (Fsp3) is 0.0727. The van der Waals surface area contributed by atoms with Gasteiger partial charge in [-0.2, -0.15) is 0 Å². The van der Waals surface area contributed by atoms with Gasteiger partial charge in [-0.3, -0.25) is 4.98 Å². The van der Waals surface area contributed by atoms with Gasteiger partial charge in [0, 0.05) is 45.0 Å². The van der Waals surface area contributed by atoms with Crippen LogP contribution in [0.15, 0.2) is 188 Å². The van der Waals surface area contributed by atoms with Crippen LogP contribution in [0, 0.1) is 0 Å². The molecular weight excluding hydrogens is 703 g/mol. The molecule has 274 valence electrons. The smallest absolute Gasteiger partial charge is 0.0702 e. The largest absolute Gasteiger partial charge is 0.310 e. The molecule has 12 rings (SSSR count). The molecule has 3 heterocycles. The molecule has 0 bridgehead atoms. The summed E-state index contributed by atoms with van der Waals surface area (Å²) < 4.78 is 4.93. The fourth-order valence-corrected chi connectivity index (χ4v) is 9.80. The van der Waals surface area contributed by atoms with Crippen LogP contribution in [0.5, 0.6) is 0 Å². The molecule has 0 unspecified atom stereocenters. The third kappa shape index (κ3) is 5.24. The number of allylic oxidation sites excluding steroid dienone is 7.